The highest BCUT2D eigenvalue weighted by Gasteiger charge is 2.20. The molecule has 0 aliphatic carbocycles. The van der Waals surface area contributed by atoms with Crippen molar-refractivity contribution in [3.63, 3.8) is 0 Å². The summed E-state index contributed by atoms with van der Waals surface area (Å²) in [7, 11) is 1.79. The highest BCUT2D eigenvalue weighted by atomic mass is 16.3. The quantitative estimate of drug-likeness (QED) is 0.827. The Bertz CT molecular complexity index is 531. The molecule has 0 spiro atoms. The van der Waals surface area contributed by atoms with Crippen LogP contribution in [0.1, 0.15) is 34.6 Å². The van der Waals surface area contributed by atoms with Crippen molar-refractivity contribution in [3.05, 3.63) is 59.5 Å². The van der Waals surface area contributed by atoms with Crippen molar-refractivity contribution < 1.29 is 9.21 Å². The van der Waals surface area contributed by atoms with E-state index in [1.165, 1.54) is 0 Å². The number of hydrogen-bond acceptors (Lipinski definition) is 2. The molecule has 1 unspecified atom stereocenters. The number of furan rings is 1. The molecule has 1 atom stereocenters. The molecule has 0 saturated carbocycles. The number of nitrogens with zero attached hydrogens (tertiary/aromatic N) is 1. The lowest BCUT2D eigenvalue weighted by Crippen LogP contribution is -2.29. The van der Waals surface area contributed by atoms with Crippen LogP contribution in [0.2, 0.25) is 0 Å². The first-order valence-electron chi connectivity index (χ1n) is 5.97. The van der Waals surface area contributed by atoms with Gasteiger partial charge < -0.3 is 9.32 Å². The van der Waals surface area contributed by atoms with E-state index in [-0.39, 0.29) is 11.9 Å². The third-order valence-electron chi connectivity index (χ3n) is 3.12. The molecule has 0 bridgehead atoms. The van der Waals surface area contributed by atoms with Gasteiger partial charge in [-0.1, -0.05) is 17.7 Å². The summed E-state index contributed by atoms with van der Waals surface area (Å²) in [5.41, 5.74) is 1.79. The Labute approximate surface area is 107 Å². The maximum Gasteiger partial charge on any atom is 0.254 e. The van der Waals surface area contributed by atoms with Gasteiger partial charge in [-0.05, 0) is 38.1 Å². The molecule has 0 aliphatic heterocycles. The molecule has 1 aromatic carbocycles. The van der Waals surface area contributed by atoms with Gasteiger partial charge in [0.1, 0.15) is 5.76 Å². The summed E-state index contributed by atoms with van der Waals surface area (Å²) in [6, 6.07) is 11.2. The molecule has 2 aromatic rings. The third kappa shape index (κ3) is 2.45. The fourth-order valence-electron chi connectivity index (χ4n) is 1.88. The van der Waals surface area contributed by atoms with Crippen molar-refractivity contribution in [2.45, 2.75) is 19.9 Å². The van der Waals surface area contributed by atoms with E-state index in [2.05, 4.69) is 0 Å². The fourth-order valence-corrected chi connectivity index (χ4v) is 1.88. The van der Waals surface area contributed by atoms with Gasteiger partial charge in [-0.25, -0.2) is 0 Å². The molecular weight excluding hydrogens is 226 g/mol. The minimum absolute atomic E-state index is 0.00241. The first-order chi connectivity index (χ1) is 8.59. The number of carbonyl (C=O) groups is 1. The highest BCUT2D eigenvalue weighted by molar-refractivity contribution is 5.94. The van der Waals surface area contributed by atoms with Crippen LogP contribution in [0, 0.1) is 6.92 Å². The first-order valence-corrected chi connectivity index (χ1v) is 5.97. The van der Waals surface area contributed by atoms with Crippen LogP contribution in [0.4, 0.5) is 0 Å². The van der Waals surface area contributed by atoms with E-state index in [0.717, 1.165) is 11.3 Å². The predicted molar refractivity (Wildman–Crippen MR) is 70.4 cm³/mol. The number of benzene rings is 1. The Morgan fingerprint density at radius 2 is 2.06 bits per heavy atom. The van der Waals surface area contributed by atoms with Crippen LogP contribution in [-0.4, -0.2) is 17.9 Å². The molecule has 0 radical (unpaired) electrons. The number of hydrogen-bond donors (Lipinski definition) is 0. The van der Waals surface area contributed by atoms with Crippen molar-refractivity contribution in [2.24, 2.45) is 0 Å². The van der Waals surface area contributed by atoms with Crippen LogP contribution in [-0.2, 0) is 0 Å². The summed E-state index contributed by atoms with van der Waals surface area (Å²) in [5.74, 6) is 0.793. The Balaban J connectivity index is 2.19. The maximum atomic E-state index is 12.3. The van der Waals surface area contributed by atoms with Gasteiger partial charge in [-0.2, -0.15) is 0 Å². The van der Waals surface area contributed by atoms with E-state index >= 15 is 0 Å². The summed E-state index contributed by atoms with van der Waals surface area (Å²) in [4.78, 5) is 14.0. The monoisotopic (exact) mass is 243 g/mol. The van der Waals surface area contributed by atoms with Crippen molar-refractivity contribution in [3.8, 4) is 0 Å². The molecule has 0 N–H and O–H groups in total. The van der Waals surface area contributed by atoms with Gasteiger partial charge in [0, 0.05) is 12.6 Å². The zero-order chi connectivity index (χ0) is 13.1. The lowest BCUT2D eigenvalue weighted by molar-refractivity contribution is 0.0726. The second-order valence-electron chi connectivity index (χ2n) is 4.48. The number of carbonyl (C=O) groups excluding carboxylic acids is 1. The second-order valence-corrected chi connectivity index (χ2v) is 4.48. The van der Waals surface area contributed by atoms with Crippen molar-refractivity contribution >= 4 is 5.91 Å². The van der Waals surface area contributed by atoms with Crippen molar-refractivity contribution in [2.75, 3.05) is 7.05 Å². The molecule has 3 heteroatoms. The van der Waals surface area contributed by atoms with Gasteiger partial charge in [-0.15, -0.1) is 0 Å². The largest absolute Gasteiger partial charge is 0.467 e. The Morgan fingerprint density at radius 3 is 2.67 bits per heavy atom. The Hall–Kier alpha value is -2.03. The lowest BCUT2D eigenvalue weighted by Gasteiger charge is -2.23. The van der Waals surface area contributed by atoms with Crippen molar-refractivity contribution in [1.82, 2.24) is 4.90 Å². The minimum atomic E-state index is -0.0759. The summed E-state index contributed by atoms with van der Waals surface area (Å²) < 4.78 is 5.33. The zero-order valence-electron chi connectivity index (χ0n) is 10.9. The van der Waals surface area contributed by atoms with Crippen LogP contribution in [0.25, 0.3) is 0 Å². The molecule has 2 rings (SSSR count). The average molecular weight is 243 g/mol. The normalized spacial score (nSPS) is 12.2. The van der Waals surface area contributed by atoms with Crippen LogP contribution in [0.15, 0.2) is 47.1 Å². The van der Waals surface area contributed by atoms with E-state index < -0.39 is 0 Å². The third-order valence-corrected chi connectivity index (χ3v) is 3.12. The van der Waals surface area contributed by atoms with E-state index in [1.807, 2.05) is 50.2 Å². The van der Waals surface area contributed by atoms with Crippen LogP contribution >= 0.6 is 0 Å². The van der Waals surface area contributed by atoms with Gasteiger partial charge in [-0.3, -0.25) is 4.79 Å². The fraction of sp³-hybridized carbons (Fsp3) is 0.267. The van der Waals surface area contributed by atoms with Gasteiger partial charge in [0.15, 0.2) is 0 Å². The number of rotatable bonds is 3. The smallest absolute Gasteiger partial charge is 0.254 e. The molecule has 1 heterocycles. The lowest BCUT2D eigenvalue weighted by atomic mass is 10.1. The van der Waals surface area contributed by atoms with Gasteiger partial charge in [0.2, 0.25) is 0 Å². The van der Waals surface area contributed by atoms with E-state index in [0.29, 0.717) is 5.56 Å². The molecule has 0 fully saturated rings. The number of aryl methyl sites for hydroxylation is 1. The second kappa shape index (κ2) is 5.08. The molecule has 18 heavy (non-hydrogen) atoms. The number of amides is 1. The highest BCUT2D eigenvalue weighted by Crippen LogP contribution is 2.21. The standard InChI is InChI=1S/C15H17NO2/c1-11-6-4-7-13(10-11)15(17)16(3)12(2)14-8-5-9-18-14/h4-10,12H,1-3H3. The molecule has 94 valence electrons. The minimum Gasteiger partial charge on any atom is -0.467 e. The Morgan fingerprint density at radius 1 is 1.28 bits per heavy atom. The molecule has 1 aromatic heterocycles. The summed E-state index contributed by atoms with van der Waals surface area (Å²) in [6.45, 7) is 3.93. The summed E-state index contributed by atoms with van der Waals surface area (Å²) in [6.07, 6.45) is 1.62. The molecule has 3 nitrogen and oxygen atoms in total. The van der Waals surface area contributed by atoms with E-state index in [4.69, 9.17) is 4.42 Å². The van der Waals surface area contributed by atoms with Gasteiger partial charge in [0.25, 0.3) is 5.91 Å². The van der Waals surface area contributed by atoms with Crippen LogP contribution in [0.3, 0.4) is 0 Å². The molecule has 0 aliphatic rings. The van der Waals surface area contributed by atoms with Gasteiger partial charge >= 0.3 is 0 Å². The average Bonchev–Trinajstić information content (AvgIpc) is 2.90. The summed E-state index contributed by atoms with van der Waals surface area (Å²) in [5, 5.41) is 0. The first kappa shape index (κ1) is 12.4. The van der Waals surface area contributed by atoms with E-state index in [9.17, 15) is 4.79 Å². The van der Waals surface area contributed by atoms with Gasteiger partial charge in [0.05, 0.1) is 12.3 Å². The molecule has 1 amide bonds. The van der Waals surface area contributed by atoms with Crippen LogP contribution < -0.4 is 0 Å². The van der Waals surface area contributed by atoms with E-state index in [1.54, 1.807) is 18.2 Å². The zero-order valence-corrected chi connectivity index (χ0v) is 10.9. The van der Waals surface area contributed by atoms with Crippen LogP contribution in [0.5, 0.6) is 0 Å². The predicted octanol–water partition coefficient (Wildman–Crippen LogP) is 3.42. The topological polar surface area (TPSA) is 33.5 Å². The van der Waals surface area contributed by atoms with Crippen molar-refractivity contribution in [1.29, 1.82) is 0 Å². The summed E-state index contributed by atoms with van der Waals surface area (Å²) >= 11 is 0. The SMILES string of the molecule is Cc1cccc(C(=O)N(C)C(C)c2ccco2)c1. The maximum absolute atomic E-state index is 12.3. The molecular formula is C15H17NO2. The molecule has 0 saturated heterocycles. The Kier molecular flexibility index (Phi) is 3.51.